The molecule has 0 spiro atoms. The lowest BCUT2D eigenvalue weighted by atomic mass is 9.90. The summed E-state index contributed by atoms with van der Waals surface area (Å²) in [7, 11) is 2.89. The Morgan fingerprint density at radius 3 is 2.05 bits per heavy atom. The van der Waals surface area contributed by atoms with Crippen LogP contribution in [-0.2, 0) is 10.3 Å². The molecule has 2 rings (SSSR count). The van der Waals surface area contributed by atoms with Crippen LogP contribution in [0.3, 0.4) is 0 Å². The number of hydrogen-bond donors (Lipinski definition) is 0. The van der Waals surface area contributed by atoms with E-state index in [1.165, 1.54) is 31.1 Å². The van der Waals surface area contributed by atoms with Gasteiger partial charge in [-0.1, -0.05) is 32.0 Å². The van der Waals surface area contributed by atoms with Crippen molar-refractivity contribution in [3.05, 3.63) is 35.6 Å². The van der Waals surface area contributed by atoms with Gasteiger partial charge in [0.15, 0.2) is 0 Å². The molecule has 1 atom stereocenters. The van der Waals surface area contributed by atoms with E-state index in [0.717, 1.165) is 4.90 Å². The number of benzene rings is 1. The van der Waals surface area contributed by atoms with E-state index in [-0.39, 0.29) is 5.56 Å². The summed E-state index contributed by atoms with van der Waals surface area (Å²) < 4.78 is 13.8. The van der Waals surface area contributed by atoms with Gasteiger partial charge in [0.25, 0.3) is 5.91 Å². The highest BCUT2D eigenvalue weighted by atomic mass is 19.1. The molecule has 0 bridgehead atoms. The Bertz CT molecular complexity index is 504. The number of likely N-dealkylation sites (N-methyl/N-ethyl adjacent to an activating group) is 2. The van der Waals surface area contributed by atoms with Crippen molar-refractivity contribution in [2.75, 3.05) is 14.1 Å². The molecular formula is C14H19FN2O2. The van der Waals surface area contributed by atoms with Crippen molar-refractivity contribution in [1.82, 2.24) is 9.80 Å². The van der Waals surface area contributed by atoms with Crippen molar-refractivity contribution in [1.29, 1.82) is 0 Å². The third kappa shape index (κ3) is 2.09. The average Bonchev–Trinajstić information content (AvgIpc) is 2.58. The van der Waals surface area contributed by atoms with Gasteiger partial charge < -0.3 is 4.90 Å². The molecule has 104 valence electrons. The maximum Gasteiger partial charge on any atom is 0.327 e. The van der Waals surface area contributed by atoms with Crippen LogP contribution in [0.4, 0.5) is 9.18 Å². The fourth-order valence-electron chi connectivity index (χ4n) is 2.13. The molecule has 1 fully saturated rings. The topological polar surface area (TPSA) is 40.6 Å². The van der Waals surface area contributed by atoms with E-state index in [2.05, 4.69) is 0 Å². The first-order valence-corrected chi connectivity index (χ1v) is 6.21. The third-order valence-electron chi connectivity index (χ3n) is 3.36. The van der Waals surface area contributed by atoms with E-state index in [9.17, 15) is 14.0 Å². The number of halogens is 1. The highest BCUT2D eigenvalue weighted by Gasteiger charge is 2.53. The molecule has 5 heteroatoms. The Morgan fingerprint density at radius 1 is 1.11 bits per heavy atom. The molecule has 1 saturated heterocycles. The lowest BCUT2D eigenvalue weighted by Gasteiger charge is -2.29. The van der Waals surface area contributed by atoms with Gasteiger partial charge in [0.1, 0.15) is 11.4 Å². The fourth-order valence-corrected chi connectivity index (χ4v) is 2.13. The summed E-state index contributed by atoms with van der Waals surface area (Å²) >= 11 is 0. The molecule has 1 aliphatic rings. The second-order valence-corrected chi connectivity index (χ2v) is 4.26. The van der Waals surface area contributed by atoms with Gasteiger partial charge in [-0.05, 0) is 13.0 Å². The van der Waals surface area contributed by atoms with Crippen LogP contribution < -0.4 is 0 Å². The van der Waals surface area contributed by atoms with Gasteiger partial charge in [-0.15, -0.1) is 0 Å². The van der Waals surface area contributed by atoms with Crippen molar-refractivity contribution in [3.8, 4) is 0 Å². The molecule has 1 aliphatic heterocycles. The highest BCUT2D eigenvalue weighted by Crippen LogP contribution is 2.36. The molecule has 4 nitrogen and oxygen atoms in total. The number of amides is 3. The first-order valence-electron chi connectivity index (χ1n) is 6.21. The van der Waals surface area contributed by atoms with Crippen molar-refractivity contribution >= 4 is 11.9 Å². The smallest absolute Gasteiger partial charge is 0.309 e. The average molecular weight is 266 g/mol. The van der Waals surface area contributed by atoms with E-state index in [1.807, 2.05) is 13.8 Å². The Morgan fingerprint density at radius 2 is 1.63 bits per heavy atom. The molecule has 1 aromatic carbocycles. The molecule has 1 aromatic rings. The number of carbonyl (C=O) groups excluding carboxylic acids is 2. The van der Waals surface area contributed by atoms with Crippen molar-refractivity contribution in [2.24, 2.45) is 0 Å². The van der Waals surface area contributed by atoms with Gasteiger partial charge in [-0.2, -0.15) is 0 Å². The number of carbonyl (C=O) groups is 2. The maximum absolute atomic E-state index is 13.8. The molecule has 0 radical (unpaired) electrons. The van der Waals surface area contributed by atoms with Gasteiger partial charge in [0.05, 0.1) is 0 Å². The standard InChI is InChI=1S/C12H13FN2O2.C2H6/c1-12(8-6-4-5-7-9(8)13)10(16)14(2)11(17)15(12)3;1-2/h4-7H,1-3H3;1-2H3. The zero-order chi connectivity index (χ0) is 14.8. The van der Waals surface area contributed by atoms with Crippen LogP contribution in [0.5, 0.6) is 0 Å². The van der Waals surface area contributed by atoms with Crippen LogP contribution in [0.1, 0.15) is 26.3 Å². The van der Waals surface area contributed by atoms with Gasteiger partial charge in [0, 0.05) is 19.7 Å². The molecule has 0 aromatic heterocycles. The third-order valence-corrected chi connectivity index (χ3v) is 3.36. The van der Waals surface area contributed by atoms with Crippen LogP contribution in [-0.4, -0.2) is 35.8 Å². The number of rotatable bonds is 1. The van der Waals surface area contributed by atoms with Gasteiger partial charge in [0.2, 0.25) is 0 Å². The maximum atomic E-state index is 13.8. The first-order chi connectivity index (χ1) is 8.90. The Hall–Kier alpha value is -1.91. The van der Waals surface area contributed by atoms with Crippen molar-refractivity contribution in [3.63, 3.8) is 0 Å². The van der Waals surface area contributed by atoms with Gasteiger partial charge in [-0.25, -0.2) is 9.18 Å². The van der Waals surface area contributed by atoms with Crippen LogP contribution in [0.25, 0.3) is 0 Å². The van der Waals surface area contributed by atoms with E-state index >= 15 is 0 Å². The number of hydrogen-bond acceptors (Lipinski definition) is 2. The van der Waals surface area contributed by atoms with Gasteiger partial charge in [-0.3, -0.25) is 9.69 Å². The largest absolute Gasteiger partial charge is 0.327 e. The minimum absolute atomic E-state index is 0.213. The highest BCUT2D eigenvalue weighted by molar-refractivity contribution is 6.06. The molecule has 0 aliphatic carbocycles. The van der Waals surface area contributed by atoms with E-state index in [4.69, 9.17) is 0 Å². The normalized spacial score (nSPS) is 22.4. The summed E-state index contributed by atoms with van der Waals surface area (Å²) in [6, 6.07) is 5.57. The quantitative estimate of drug-likeness (QED) is 0.733. The second kappa shape index (κ2) is 5.38. The Labute approximate surface area is 112 Å². The van der Waals surface area contributed by atoms with Crippen molar-refractivity contribution < 1.29 is 14.0 Å². The second-order valence-electron chi connectivity index (χ2n) is 4.26. The van der Waals surface area contributed by atoms with Gasteiger partial charge >= 0.3 is 6.03 Å². The molecule has 3 amide bonds. The molecule has 1 heterocycles. The van der Waals surface area contributed by atoms with E-state index < -0.39 is 23.3 Å². The lowest BCUT2D eigenvalue weighted by Crippen LogP contribution is -2.42. The zero-order valence-corrected chi connectivity index (χ0v) is 11.9. The zero-order valence-electron chi connectivity index (χ0n) is 11.9. The monoisotopic (exact) mass is 266 g/mol. The molecule has 0 saturated carbocycles. The number of nitrogens with zero attached hydrogens (tertiary/aromatic N) is 2. The summed E-state index contributed by atoms with van der Waals surface area (Å²) in [6.45, 7) is 5.55. The Balaban J connectivity index is 0.000000861. The fraction of sp³-hybridized carbons (Fsp3) is 0.429. The predicted molar refractivity (Wildman–Crippen MR) is 71.0 cm³/mol. The predicted octanol–water partition coefficient (Wildman–Crippen LogP) is 2.59. The number of imide groups is 1. The summed E-state index contributed by atoms with van der Waals surface area (Å²) in [4.78, 5) is 26.1. The lowest BCUT2D eigenvalue weighted by molar-refractivity contribution is -0.132. The van der Waals surface area contributed by atoms with Crippen LogP contribution in [0, 0.1) is 5.82 Å². The minimum atomic E-state index is -1.27. The molecule has 19 heavy (non-hydrogen) atoms. The summed E-state index contributed by atoms with van der Waals surface area (Å²) in [6.07, 6.45) is 0. The molecule has 0 N–H and O–H groups in total. The van der Waals surface area contributed by atoms with E-state index in [1.54, 1.807) is 19.1 Å². The SMILES string of the molecule is CC.CN1C(=O)N(C)C(C)(c2ccccc2F)C1=O. The number of urea groups is 1. The summed E-state index contributed by atoms with van der Waals surface area (Å²) in [5, 5.41) is 0. The first kappa shape index (κ1) is 15.1. The minimum Gasteiger partial charge on any atom is -0.309 e. The summed E-state index contributed by atoms with van der Waals surface area (Å²) in [5.41, 5.74) is -1.05. The van der Waals surface area contributed by atoms with Crippen molar-refractivity contribution in [2.45, 2.75) is 26.3 Å². The molecule has 1 unspecified atom stereocenters. The molecular weight excluding hydrogens is 247 g/mol. The van der Waals surface area contributed by atoms with E-state index in [0.29, 0.717) is 0 Å². The van der Waals surface area contributed by atoms with Crippen LogP contribution >= 0.6 is 0 Å². The van der Waals surface area contributed by atoms with Crippen LogP contribution in [0.2, 0.25) is 0 Å². The Kier molecular flexibility index (Phi) is 4.29. The van der Waals surface area contributed by atoms with Crippen LogP contribution in [0.15, 0.2) is 24.3 Å². The summed E-state index contributed by atoms with van der Waals surface area (Å²) in [5.74, 6) is -0.909.